The first-order valence-corrected chi connectivity index (χ1v) is 6.03. The van der Waals surface area contributed by atoms with Gasteiger partial charge in [0.2, 0.25) is 0 Å². The number of aliphatic hydroxyl groups is 1. The van der Waals surface area contributed by atoms with E-state index in [2.05, 4.69) is 19.2 Å². The second kappa shape index (κ2) is 3.82. The van der Waals surface area contributed by atoms with Crippen LogP contribution in [0.25, 0.3) is 0 Å². The first kappa shape index (κ1) is 10.4. The van der Waals surface area contributed by atoms with Gasteiger partial charge >= 0.3 is 0 Å². The van der Waals surface area contributed by atoms with E-state index < -0.39 is 0 Å². The van der Waals surface area contributed by atoms with Crippen molar-refractivity contribution in [1.29, 1.82) is 0 Å². The van der Waals surface area contributed by atoms with Crippen LogP contribution < -0.4 is 5.32 Å². The van der Waals surface area contributed by atoms with E-state index in [1.165, 1.54) is 32.1 Å². The highest BCUT2D eigenvalue weighted by atomic mass is 16.3. The van der Waals surface area contributed by atoms with E-state index in [-0.39, 0.29) is 11.5 Å². The zero-order valence-electron chi connectivity index (χ0n) is 9.42. The molecule has 0 aromatic heterocycles. The maximum atomic E-state index is 10.2. The number of nitrogens with one attached hydrogen (secondary N) is 1. The van der Waals surface area contributed by atoms with Gasteiger partial charge in [-0.15, -0.1) is 0 Å². The van der Waals surface area contributed by atoms with E-state index >= 15 is 0 Å². The van der Waals surface area contributed by atoms with Crippen molar-refractivity contribution in [3.63, 3.8) is 0 Å². The SMILES string of the molecule is CC1(C)CCC(C2CCCCN2)C1O. The van der Waals surface area contributed by atoms with Gasteiger partial charge in [0, 0.05) is 12.0 Å². The fourth-order valence-corrected chi connectivity index (χ4v) is 3.09. The van der Waals surface area contributed by atoms with E-state index in [1.807, 2.05) is 0 Å². The van der Waals surface area contributed by atoms with Crippen LogP contribution in [0.2, 0.25) is 0 Å². The molecular weight excluding hydrogens is 174 g/mol. The van der Waals surface area contributed by atoms with Gasteiger partial charge in [-0.05, 0) is 37.6 Å². The summed E-state index contributed by atoms with van der Waals surface area (Å²) in [6.45, 7) is 5.54. The summed E-state index contributed by atoms with van der Waals surface area (Å²) in [5.74, 6) is 0.505. The maximum absolute atomic E-state index is 10.2. The number of aliphatic hydroxyl groups excluding tert-OH is 1. The topological polar surface area (TPSA) is 32.3 Å². The molecule has 1 aliphatic heterocycles. The lowest BCUT2D eigenvalue weighted by molar-refractivity contribution is 0.0294. The summed E-state index contributed by atoms with van der Waals surface area (Å²) in [5.41, 5.74) is 0.143. The van der Waals surface area contributed by atoms with Crippen LogP contribution in [0.1, 0.15) is 46.0 Å². The van der Waals surface area contributed by atoms with Crippen LogP contribution >= 0.6 is 0 Å². The van der Waals surface area contributed by atoms with Crippen molar-refractivity contribution in [1.82, 2.24) is 5.32 Å². The van der Waals surface area contributed by atoms with Crippen molar-refractivity contribution >= 4 is 0 Å². The Bertz CT molecular complexity index is 196. The molecule has 0 bridgehead atoms. The summed E-state index contributed by atoms with van der Waals surface area (Å²) in [5, 5.41) is 13.8. The first-order chi connectivity index (χ1) is 6.61. The lowest BCUT2D eigenvalue weighted by Crippen LogP contribution is -2.44. The zero-order valence-corrected chi connectivity index (χ0v) is 9.42. The van der Waals surface area contributed by atoms with Gasteiger partial charge < -0.3 is 10.4 Å². The van der Waals surface area contributed by atoms with E-state index in [4.69, 9.17) is 0 Å². The molecule has 2 rings (SSSR count). The molecule has 0 aromatic carbocycles. The molecule has 2 aliphatic rings. The van der Waals surface area contributed by atoms with Crippen molar-refractivity contribution < 1.29 is 5.11 Å². The summed E-state index contributed by atoms with van der Waals surface area (Å²) in [7, 11) is 0. The second-order valence-corrected chi connectivity index (χ2v) is 5.69. The molecule has 0 spiro atoms. The van der Waals surface area contributed by atoms with E-state index in [0.717, 1.165) is 6.54 Å². The summed E-state index contributed by atoms with van der Waals surface area (Å²) in [6.07, 6.45) is 6.18. The quantitative estimate of drug-likeness (QED) is 0.673. The van der Waals surface area contributed by atoms with Crippen LogP contribution in [-0.4, -0.2) is 23.8 Å². The highest BCUT2D eigenvalue weighted by Gasteiger charge is 2.44. The second-order valence-electron chi connectivity index (χ2n) is 5.69. The monoisotopic (exact) mass is 197 g/mol. The Balaban J connectivity index is 1.98. The molecule has 0 aromatic rings. The lowest BCUT2D eigenvalue weighted by Gasteiger charge is -2.33. The Morgan fingerprint density at radius 3 is 2.50 bits per heavy atom. The molecule has 82 valence electrons. The maximum Gasteiger partial charge on any atom is 0.0634 e. The Hall–Kier alpha value is -0.0800. The molecule has 1 heterocycles. The van der Waals surface area contributed by atoms with Gasteiger partial charge in [-0.2, -0.15) is 0 Å². The summed E-state index contributed by atoms with van der Waals surface area (Å²) in [6, 6.07) is 0.584. The fraction of sp³-hybridized carbons (Fsp3) is 1.00. The average Bonchev–Trinajstić information content (AvgIpc) is 2.44. The summed E-state index contributed by atoms with van der Waals surface area (Å²) >= 11 is 0. The minimum Gasteiger partial charge on any atom is -0.392 e. The van der Waals surface area contributed by atoms with E-state index in [9.17, 15) is 5.11 Å². The molecule has 3 unspecified atom stereocenters. The molecule has 3 atom stereocenters. The van der Waals surface area contributed by atoms with Gasteiger partial charge in [0.05, 0.1) is 6.10 Å². The van der Waals surface area contributed by atoms with Crippen molar-refractivity contribution in [2.45, 2.75) is 58.1 Å². The average molecular weight is 197 g/mol. The van der Waals surface area contributed by atoms with Gasteiger partial charge in [-0.1, -0.05) is 20.3 Å². The molecule has 1 saturated heterocycles. The van der Waals surface area contributed by atoms with E-state index in [1.54, 1.807) is 0 Å². The van der Waals surface area contributed by atoms with Crippen LogP contribution in [0.5, 0.6) is 0 Å². The van der Waals surface area contributed by atoms with Crippen LogP contribution in [0.15, 0.2) is 0 Å². The summed E-state index contributed by atoms with van der Waals surface area (Å²) in [4.78, 5) is 0. The van der Waals surface area contributed by atoms with Gasteiger partial charge in [0.25, 0.3) is 0 Å². The Morgan fingerprint density at radius 2 is 2.00 bits per heavy atom. The molecule has 1 saturated carbocycles. The van der Waals surface area contributed by atoms with Crippen molar-refractivity contribution in [3.8, 4) is 0 Å². The van der Waals surface area contributed by atoms with Crippen LogP contribution in [0.3, 0.4) is 0 Å². The number of hydrogen-bond donors (Lipinski definition) is 2. The number of piperidine rings is 1. The van der Waals surface area contributed by atoms with Crippen molar-refractivity contribution in [2.24, 2.45) is 11.3 Å². The highest BCUT2D eigenvalue weighted by molar-refractivity contribution is 4.96. The largest absolute Gasteiger partial charge is 0.392 e. The van der Waals surface area contributed by atoms with Crippen LogP contribution in [-0.2, 0) is 0 Å². The first-order valence-electron chi connectivity index (χ1n) is 6.03. The van der Waals surface area contributed by atoms with Gasteiger partial charge in [-0.25, -0.2) is 0 Å². The third-order valence-electron chi connectivity index (χ3n) is 4.19. The van der Waals surface area contributed by atoms with E-state index in [0.29, 0.717) is 12.0 Å². The zero-order chi connectivity index (χ0) is 10.2. The molecule has 2 fully saturated rings. The van der Waals surface area contributed by atoms with Gasteiger partial charge in [-0.3, -0.25) is 0 Å². The summed E-state index contributed by atoms with van der Waals surface area (Å²) < 4.78 is 0. The Morgan fingerprint density at radius 1 is 1.21 bits per heavy atom. The minimum absolute atomic E-state index is 0.0990. The molecule has 1 aliphatic carbocycles. The molecule has 2 heteroatoms. The standard InChI is InChI=1S/C12H23NO/c1-12(2)7-6-9(11(12)14)10-5-3-4-8-13-10/h9-11,13-14H,3-8H2,1-2H3. The minimum atomic E-state index is -0.0990. The fourth-order valence-electron chi connectivity index (χ4n) is 3.09. The molecule has 14 heavy (non-hydrogen) atoms. The van der Waals surface area contributed by atoms with Crippen LogP contribution in [0, 0.1) is 11.3 Å². The predicted octanol–water partition coefficient (Wildman–Crippen LogP) is 1.93. The normalized spacial score (nSPS) is 42.6. The third-order valence-corrected chi connectivity index (χ3v) is 4.19. The molecule has 2 N–H and O–H groups in total. The van der Waals surface area contributed by atoms with Crippen molar-refractivity contribution in [2.75, 3.05) is 6.54 Å². The molecule has 0 radical (unpaired) electrons. The number of hydrogen-bond acceptors (Lipinski definition) is 2. The third kappa shape index (κ3) is 1.82. The number of rotatable bonds is 1. The van der Waals surface area contributed by atoms with Crippen LogP contribution in [0.4, 0.5) is 0 Å². The smallest absolute Gasteiger partial charge is 0.0634 e. The van der Waals surface area contributed by atoms with Gasteiger partial charge in [0.1, 0.15) is 0 Å². The highest BCUT2D eigenvalue weighted by Crippen LogP contribution is 2.43. The Kier molecular flexibility index (Phi) is 2.85. The molecule has 2 nitrogen and oxygen atoms in total. The Labute approximate surface area is 87.1 Å². The molecule has 0 amide bonds. The van der Waals surface area contributed by atoms with Gasteiger partial charge in [0.15, 0.2) is 0 Å². The molecular formula is C12H23NO. The lowest BCUT2D eigenvalue weighted by atomic mass is 9.83. The predicted molar refractivity (Wildman–Crippen MR) is 58.2 cm³/mol. The van der Waals surface area contributed by atoms with Crippen molar-refractivity contribution in [3.05, 3.63) is 0 Å².